The van der Waals surface area contributed by atoms with Gasteiger partial charge in [0, 0.05) is 11.6 Å². The Morgan fingerprint density at radius 3 is 2.42 bits per heavy atom. The number of amides is 1. The predicted molar refractivity (Wildman–Crippen MR) is 137 cm³/mol. The van der Waals surface area contributed by atoms with Gasteiger partial charge in [0.1, 0.15) is 47.3 Å². The van der Waals surface area contributed by atoms with Crippen molar-refractivity contribution < 1.29 is 32.6 Å². The van der Waals surface area contributed by atoms with Gasteiger partial charge in [0.15, 0.2) is 0 Å². The largest absolute Gasteiger partial charge is 0.507 e. The number of rotatable bonds is 6. The van der Waals surface area contributed by atoms with E-state index in [2.05, 4.69) is 0 Å². The summed E-state index contributed by atoms with van der Waals surface area (Å²) in [6, 6.07) is 18.9. The van der Waals surface area contributed by atoms with Crippen LogP contribution in [0, 0.1) is 25.5 Å². The third kappa shape index (κ3) is 4.56. The van der Waals surface area contributed by atoms with E-state index in [1.54, 1.807) is 38.1 Å². The number of furan rings is 1. The first-order valence-corrected chi connectivity index (χ1v) is 11.8. The summed E-state index contributed by atoms with van der Waals surface area (Å²) in [6.45, 7) is 3.79. The maximum Gasteiger partial charge on any atom is 0.300 e. The van der Waals surface area contributed by atoms with E-state index in [1.165, 1.54) is 6.07 Å². The van der Waals surface area contributed by atoms with Crippen LogP contribution in [0.1, 0.15) is 34.3 Å². The highest BCUT2D eigenvalue weighted by atomic mass is 19.1. The van der Waals surface area contributed by atoms with E-state index in [4.69, 9.17) is 9.15 Å². The Hall–Kier alpha value is -4.72. The topological polar surface area (TPSA) is 80.0 Å². The van der Waals surface area contributed by atoms with Crippen LogP contribution in [0.25, 0.3) is 5.76 Å². The van der Waals surface area contributed by atoms with Gasteiger partial charge in [-0.25, -0.2) is 8.78 Å². The number of aliphatic hydroxyl groups is 1. The molecule has 0 spiro atoms. The van der Waals surface area contributed by atoms with Crippen molar-refractivity contribution in [3.8, 4) is 5.75 Å². The van der Waals surface area contributed by atoms with Crippen molar-refractivity contribution >= 4 is 23.1 Å². The Morgan fingerprint density at radius 2 is 1.74 bits per heavy atom. The molecule has 1 fully saturated rings. The zero-order valence-electron chi connectivity index (χ0n) is 20.6. The summed E-state index contributed by atoms with van der Waals surface area (Å²) >= 11 is 0. The predicted octanol–water partition coefficient (Wildman–Crippen LogP) is 6.38. The van der Waals surface area contributed by atoms with Crippen molar-refractivity contribution in [2.45, 2.75) is 26.5 Å². The number of carbonyl (C=O) groups is 2. The first-order chi connectivity index (χ1) is 18.2. The fourth-order valence-electron chi connectivity index (χ4n) is 4.47. The van der Waals surface area contributed by atoms with E-state index >= 15 is 0 Å². The SMILES string of the molecule is Cc1ccc(C2/C(=C(/O)c3ccc(OCc4ccccc4)c(C)c3)C(=O)C(=O)N2c2cc(F)ccc2F)o1. The third-order valence-corrected chi connectivity index (χ3v) is 6.33. The summed E-state index contributed by atoms with van der Waals surface area (Å²) in [6.07, 6.45) is 0. The Balaban J connectivity index is 1.57. The van der Waals surface area contributed by atoms with Crippen LogP contribution in [0.2, 0.25) is 0 Å². The summed E-state index contributed by atoms with van der Waals surface area (Å²) in [5.41, 5.74) is 1.18. The van der Waals surface area contributed by atoms with Gasteiger partial charge in [-0.1, -0.05) is 30.3 Å². The second-order valence-electron chi connectivity index (χ2n) is 8.97. The van der Waals surface area contributed by atoms with Gasteiger partial charge >= 0.3 is 0 Å². The molecule has 1 amide bonds. The van der Waals surface area contributed by atoms with Crippen LogP contribution in [0.3, 0.4) is 0 Å². The van der Waals surface area contributed by atoms with Gasteiger partial charge in [-0.3, -0.25) is 14.5 Å². The first kappa shape index (κ1) is 25.0. The Kier molecular flexibility index (Phi) is 6.55. The van der Waals surface area contributed by atoms with Crippen LogP contribution in [-0.2, 0) is 16.2 Å². The van der Waals surface area contributed by atoms with Gasteiger partial charge in [0.05, 0.1) is 11.3 Å². The van der Waals surface area contributed by atoms with Crippen LogP contribution < -0.4 is 9.64 Å². The van der Waals surface area contributed by atoms with Gasteiger partial charge in [-0.2, -0.15) is 0 Å². The minimum absolute atomic E-state index is 0.117. The van der Waals surface area contributed by atoms with Crippen molar-refractivity contribution in [2.75, 3.05) is 4.90 Å². The number of halogens is 2. The molecular formula is C30H23F2NO5. The molecule has 6 nitrogen and oxygen atoms in total. The monoisotopic (exact) mass is 515 g/mol. The molecule has 1 N–H and O–H groups in total. The molecule has 4 aromatic rings. The molecule has 3 aromatic carbocycles. The van der Waals surface area contributed by atoms with Crippen molar-refractivity contribution in [1.82, 2.24) is 0 Å². The first-order valence-electron chi connectivity index (χ1n) is 11.8. The highest BCUT2D eigenvalue weighted by Gasteiger charge is 2.49. The molecule has 0 bridgehead atoms. The Labute approximate surface area is 217 Å². The van der Waals surface area contributed by atoms with E-state index in [1.807, 2.05) is 30.3 Å². The lowest BCUT2D eigenvalue weighted by Crippen LogP contribution is -2.30. The fourth-order valence-corrected chi connectivity index (χ4v) is 4.47. The number of Topliss-reactive ketones (excluding diaryl/α,β-unsaturated/α-hetero) is 1. The van der Waals surface area contributed by atoms with Gasteiger partial charge < -0.3 is 14.3 Å². The van der Waals surface area contributed by atoms with E-state index in [-0.39, 0.29) is 16.9 Å². The number of hydrogen-bond acceptors (Lipinski definition) is 5. The van der Waals surface area contributed by atoms with Crippen LogP contribution in [0.15, 0.2) is 88.9 Å². The molecule has 1 unspecified atom stereocenters. The molecule has 192 valence electrons. The number of benzene rings is 3. The maximum atomic E-state index is 14.8. The molecule has 0 radical (unpaired) electrons. The third-order valence-electron chi connectivity index (χ3n) is 6.33. The second-order valence-corrected chi connectivity index (χ2v) is 8.97. The van der Waals surface area contributed by atoms with Crippen LogP contribution >= 0.6 is 0 Å². The van der Waals surface area contributed by atoms with Crippen LogP contribution in [-0.4, -0.2) is 16.8 Å². The molecule has 0 saturated carbocycles. The molecule has 5 rings (SSSR count). The number of carbonyl (C=O) groups excluding carboxylic acids is 2. The van der Waals surface area contributed by atoms with E-state index in [0.717, 1.165) is 28.7 Å². The fraction of sp³-hybridized carbons (Fsp3) is 0.133. The lowest BCUT2D eigenvalue weighted by atomic mass is 9.98. The molecule has 8 heteroatoms. The quantitative estimate of drug-likeness (QED) is 0.183. The summed E-state index contributed by atoms with van der Waals surface area (Å²) in [4.78, 5) is 27.2. The molecule has 1 atom stereocenters. The molecule has 1 aliphatic heterocycles. The minimum Gasteiger partial charge on any atom is -0.507 e. The van der Waals surface area contributed by atoms with E-state index < -0.39 is 40.8 Å². The number of aryl methyl sites for hydroxylation is 2. The highest BCUT2D eigenvalue weighted by Crippen LogP contribution is 2.43. The zero-order chi connectivity index (χ0) is 27.0. The van der Waals surface area contributed by atoms with E-state index in [9.17, 15) is 23.5 Å². The number of hydrogen-bond donors (Lipinski definition) is 1. The standard InChI is InChI=1S/C30H23F2NO5/c1-17-14-20(9-13-24(17)37-16-19-6-4-3-5-7-19)28(34)26-27(25-12-8-18(2)38-25)33(30(36)29(26)35)23-15-21(31)10-11-22(23)32/h3-15,27,34H,16H2,1-2H3/b28-26-. The van der Waals surface area contributed by atoms with E-state index in [0.29, 0.717) is 23.7 Å². The van der Waals surface area contributed by atoms with Gasteiger partial charge in [-0.05, 0) is 67.4 Å². The normalized spacial score (nSPS) is 16.7. The van der Waals surface area contributed by atoms with Crippen molar-refractivity contribution in [2.24, 2.45) is 0 Å². The van der Waals surface area contributed by atoms with Gasteiger partial charge in [0.2, 0.25) is 0 Å². The molecule has 1 aliphatic rings. The molecule has 0 aliphatic carbocycles. The highest BCUT2D eigenvalue weighted by molar-refractivity contribution is 6.51. The zero-order valence-corrected chi connectivity index (χ0v) is 20.6. The summed E-state index contributed by atoms with van der Waals surface area (Å²) < 4.78 is 40.4. The summed E-state index contributed by atoms with van der Waals surface area (Å²) in [5.74, 6) is -3.17. The van der Waals surface area contributed by atoms with Crippen LogP contribution in [0.5, 0.6) is 5.75 Å². The Morgan fingerprint density at radius 1 is 0.974 bits per heavy atom. The number of anilines is 1. The van der Waals surface area contributed by atoms with Crippen molar-refractivity contribution in [1.29, 1.82) is 0 Å². The van der Waals surface area contributed by atoms with Crippen LogP contribution in [0.4, 0.5) is 14.5 Å². The average molecular weight is 516 g/mol. The number of ether oxygens (including phenoxy) is 1. The maximum absolute atomic E-state index is 14.8. The number of nitrogens with zero attached hydrogens (tertiary/aromatic N) is 1. The number of ketones is 1. The van der Waals surface area contributed by atoms with Crippen molar-refractivity contribution in [3.63, 3.8) is 0 Å². The average Bonchev–Trinajstić information content (AvgIpc) is 3.45. The van der Waals surface area contributed by atoms with Gasteiger partial charge in [0.25, 0.3) is 11.7 Å². The molecule has 1 aromatic heterocycles. The van der Waals surface area contributed by atoms with Gasteiger partial charge in [-0.15, -0.1) is 0 Å². The summed E-state index contributed by atoms with van der Waals surface area (Å²) in [7, 11) is 0. The molecule has 1 saturated heterocycles. The summed E-state index contributed by atoms with van der Waals surface area (Å²) in [5, 5.41) is 11.3. The molecule has 2 heterocycles. The molecular weight excluding hydrogens is 492 g/mol. The lowest BCUT2D eigenvalue weighted by Gasteiger charge is -2.24. The smallest absolute Gasteiger partial charge is 0.300 e. The minimum atomic E-state index is -1.31. The Bertz CT molecular complexity index is 1570. The lowest BCUT2D eigenvalue weighted by molar-refractivity contribution is -0.132. The second kappa shape index (κ2) is 9.97. The number of aliphatic hydroxyl groups excluding tert-OH is 1. The molecule has 38 heavy (non-hydrogen) atoms. The van der Waals surface area contributed by atoms with Crippen molar-refractivity contribution in [3.05, 3.63) is 124 Å².